The summed E-state index contributed by atoms with van der Waals surface area (Å²) >= 11 is 3.41. The van der Waals surface area contributed by atoms with Gasteiger partial charge in [0.05, 0.1) is 52.8 Å². The van der Waals surface area contributed by atoms with Crippen LogP contribution in [0.15, 0.2) is 76.8 Å². The van der Waals surface area contributed by atoms with Gasteiger partial charge in [0.25, 0.3) is 0 Å². The molecule has 3 aromatic rings. The van der Waals surface area contributed by atoms with Crippen LogP contribution < -0.4 is 14.5 Å². The minimum Gasteiger partial charge on any atom is -0.504 e. The standard InChI is InChI=1S/C36H27BrF6N2O6/c1-34-25(31(48)45(33(34)50)19-6-4-3-5-7-19)15-23-21(28(34)24-13-18(37)14-26(51-2)29(24)46)8-9-22-27(23)32(49)44(30(22)47)20-11-16(35(38,39)40)10-17(12-20)36(41,42)43/h3-8,10-14,22-23,25,27-28,46H,9,15H2,1-2H3. The van der Waals surface area contributed by atoms with Crippen LogP contribution in [0.25, 0.3) is 0 Å². The van der Waals surface area contributed by atoms with E-state index in [4.69, 9.17) is 4.74 Å². The van der Waals surface area contributed by atoms with Crippen molar-refractivity contribution in [1.82, 2.24) is 0 Å². The van der Waals surface area contributed by atoms with Gasteiger partial charge in [0.2, 0.25) is 23.6 Å². The molecule has 1 N–H and O–H groups in total. The number of rotatable bonds is 4. The Kier molecular flexibility index (Phi) is 7.97. The first-order chi connectivity index (χ1) is 23.9. The number of anilines is 2. The van der Waals surface area contributed by atoms with Gasteiger partial charge in [-0.05, 0) is 68.1 Å². The molecule has 4 aliphatic rings. The van der Waals surface area contributed by atoms with Crippen LogP contribution in [0.5, 0.6) is 11.5 Å². The second kappa shape index (κ2) is 11.7. The maximum atomic E-state index is 14.5. The van der Waals surface area contributed by atoms with E-state index in [1.807, 2.05) is 0 Å². The third-order valence-corrected chi connectivity index (χ3v) is 11.2. The molecular weight excluding hydrogens is 750 g/mol. The molecule has 2 saturated heterocycles. The summed E-state index contributed by atoms with van der Waals surface area (Å²) in [4.78, 5) is 58.4. The Morgan fingerprint density at radius 3 is 2.04 bits per heavy atom. The number of phenols is 1. The van der Waals surface area contributed by atoms with E-state index in [9.17, 15) is 50.6 Å². The van der Waals surface area contributed by atoms with E-state index in [2.05, 4.69) is 15.9 Å². The second-order valence-corrected chi connectivity index (χ2v) is 14.2. The molecule has 2 aliphatic heterocycles. The molecule has 3 fully saturated rings. The average Bonchev–Trinajstić information content (AvgIpc) is 3.44. The highest BCUT2D eigenvalue weighted by molar-refractivity contribution is 9.10. The first kappa shape index (κ1) is 34.8. The molecule has 266 valence electrons. The van der Waals surface area contributed by atoms with Gasteiger partial charge < -0.3 is 9.84 Å². The van der Waals surface area contributed by atoms with E-state index in [0.29, 0.717) is 27.1 Å². The third-order valence-electron chi connectivity index (χ3n) is 10.7. The lowest BCUT2D eigenvalue weighted by Gasteiger charge is -2.49. The minimum absolute atomic E-state index is 0.0379. The van der Waals surface area contributed by atoms with Crippen LogP contribution in [0.4, 0.5) is 37.7 Å². The van der Waals surface area contributed by atoms with E-state index in [1.54, 1.807) is 49.4 Å². The number of benzene rings is 3. The van der Waals surface area contributed by atoms with Crippen LogP contribution >= 0.6 is 15.9 Å². The van der Waals surface area contributed by atoms with E-state index in [1.165, 1.54) is 13.2 Å². The van der Waals surface area contributed by atoms with Gasteiger partial charge in [-0.1, -0.05) is 45.8 Å². The van der Waals surface area contributed by atoms with Crippen molar-refractivity contribution >= 4 is 50.9 Å². The Labute approximate surface area is 294 Å². The van der Waals surface area contributed by atoms with Gasteiger partial charge in [-0.3, -0.25) is 19.2 Å². The normalized spacial score (nSPS) is 27.7. The van der Waals surface area contributed by atoms with Crippen molar-refractivity contribution in [3.63, 3.8) is 0 Å². The highest BCUT2D eigenvalue weighted by Gasteiger charge is 2.68. The zero-order valence-electron chi connectivity index (χ0n) is 26.7. The molecular formula is C36H27BrF6N2O6. The molecule has 6 unspecified atom stereocenters. The minimum atomic E-state index is -5.22. The van der Waals surface area contributed by atoms with Crippen LogP contribution in [0.1, 0.15) is 42.4 Å². The Balaban J connectivity index is 1.39. The smallest absolute Gasteiger partial charge is 0.416 e. The number of nitrogens with zero attached hydrogens (tertiary/aromatic N) is 2. The predicted octanol–water partition coefficient (Wildman–Crippen LogP) is 7.64. The fourth-order valence-electron chi connectivity index (χ4n) is 8.47. The van der Waals surface area contributed by atoms with Gasteiger partial charge in [-0.25, -0.2) is 9.80 Å². The number of alkyl halides is 6. The first-order valence-corrected chi connectivity index (χ1v) is 16.6. The largest absolute Gasteiger partial charge is 0.504 e. The summed E-state index contributed by atoms with van der Waals surface area (Å²) in [7, 11) is 1.32. The summed E-state index contributed by atoms with van der Waals surface area (Å²) in [6, 6.07) is 11.8. The van der Waals surface area contributed by atoms with Gasteiger partial charge in [0.1, 0.15) is 0 Å². The number of amides is 4. The van der Waals surface area contributed by atoms with Crippen molar-refractivity contribution in [2.24, 2.45) is 29.1 Å². The summed E-state index contributed by atoms with van der Waals surface area (Å²) in [5, 5.41) is 11.5. The van der Waals surface area contributed by atoms with Crippen molar-refractivity contribution < 1.29 is 55.4 Å². The van der Waals surface area contributed by atoms with Crippen LogP contribution in [0, 0.1) is 29.1 Å². The fraction of sp³-hybridized carbons (Fsp3) is 0.333. The summed E-state index contributed by atoms with van der Waals surface area (Å²) < 4.78 is 88.5. The molecule has 2 aliphatic carbocycles. The van der Waals surface area contributed by atoms with Gasteiger partial charge in [0.15, 0.2) is 11.5 Å². The summed E-state index contributed by atoms with van der Waals surface area (Å²) in [5.41, 5.74) is -4.90. The zero-order chi connectivity index (χ0) is 36.9. The number of ether oxygens (including phenoxy) is 1. The summed E-state index contributed by atoms with van der Waals surface area (Å²) in [5.74, 6) is -9.09. The third kappa shape index (κ3) is 5.17. The number of carbonyl (C=O) groups is 4. The van der Waals surface area contributed by atoms with Crippen molar-refractivity contribution in [3.05, 3.63) is 93.5 Å². The number of carbonyl (C=O) groups excluding carboxylic acids is 4. The SMILES string of the molecule is COc1cc(Br)cc(C2C3=CCC4C(=O)N(c5cc(C(F)(F)F)cc(C(F)(F)F)c5)C(=O)C4C3CC3C(=O)N(c4ccccc4)C(=O)C32C)c1O. The molecule has 4 amide bonds. The summed E-state index contributed by atoms with van der Waals surface area (Å²) in [6.45, 7) is 1.59. The number of methoxy groups -OCH3 is 1. The van der Waals surface area contributed by atoms with Gasteiger partial charge in [-0.2, -0.15) is 26.3 Å². The number of halogens is 7. The lowest BCUT2D eigenvalue weighted by atomic mass is 9.51. The topological polar surface area (TPSA) is 104 Å². The van der Waals surface area contributed by atoms with Gasteiger partial charge >= 0.3 is 12.4 Å². The lowest BCUT2D eigenvalue weighted by molar-refractivity contribution is -0.143. The first-order valence-electron chi connectivity index (χ1n) is 15.8. The van der Waals surface area contributed by atoms with E-state index in [-0.39, 0.29) is 41.7 Å². The monoisotopic (exact) mass is 776 g/mol. The molecule has 51 heavy (non-hydrogen) atoms. The van der Waals surface area contributed by atoms with E-state index < -0.39 is 87.8 Å². The number of para-hydroxylation sites is 1. The number of fused-ring (bicyclic) bond motifs is 4. The molecule has 2 heterocycles. The Morgan fingerprint density at radius 2 is 1.45 bits per heavy atom. The van der Waals surface area contributed by atoms with Crippen LogP contribution in [-0.4, -0.2) is 35.8 Å². The van der Waals surface area contributed by atoms with Crippen molar-refractivity contribution in [2.75, 3.05) is 16.9 Å². The highest BCUT2D eigenvalue weighted by Crippen LogP contribution is 2.65. The quantitative estimate of drug-likeness (QED) is 0.166. The van der Waals surface area contributed by atoms with Gasteiger partial charge in [0, 0.05) is 16.0 Å². The molecule has 0 spiro atoms. The predicted molar refractivity (Wildman–Crippen MR) is 172 cm³/mol. The molecule has 8 nitrogen and oxygen atoms in total. The Bertz CT molecular complexity index is 2020. The Morgan fingerprint density at radius 1 is 0.824 bits per heavy atom. The van der Waals surface area contributed by atoms with Crippen LogP contribution in [0.2, 0.25) is 0 Å². The zero-order valence-corrected chi connectivity index (χ0v) is 28.3. The van der Waals surface area contributed by atoms with Crippen molar-refractivity contribution in [3.8, 4) is 11.5 Å². The molecule has 15 heteroatoms. The molecule has 6 atom stereocenters. The van der Waals surface area contributed by atoms with Gasteiger partial charge in [-0.15, -0.1) is 0 Å². The lowest BCUT2D eigenvalue weighted by Crippen LogP contribution is -2.49. The number of allylic oxidation sites excluding steroid dienone is 2. The van der Waals surface area contributed by atoms with Crippen molar-refractivity contribution in [1.29, 1.82) is 0 Å². The fourth-order valence-corrected chi connectivity index (χ4v) is 8.93. The highest BCUT2D eigenvalue weighted by atomic mass is 79.9. The number of imide groups is 2. The number of phenolic OH excluding ortho intramolecular Hbond substituents is 1. The van der Waals surface area contributed by atoms with Crippen molar-refractivity contribution in [2.45, 2.75) is 38.0 Å². The second-order valence-electron chi connectivity index (χ2n) is 13.3. The molecule has 0 bridgehead atoms. The molecule has 1 saturated carbocycles. The maximum absolute atomic E-state index is 14.5. The average molecular weight is 778 g/mol. The number of aromatic hydroxyl groups is 1. The molecule has 7 rings (SSSR count). The Hall–Kier alpha value is -4.66. The molecule has 0 radical (unpaired) electrons. The number of hydrogen-bond acceptors (Lipinski definition) is 6. The maximum Gasteiger partial charge on any atom is 0.416 e. The molecule has 0 aromatic heterocycles. The molecule has 3 aromatic carbocycles. The van der Waals surface area contributed by atoms with E-state index in [0.717, 1.165) is 4.90 Å². The van der Waals surface area contributed by atoms with Crippen LogP contribution in [0.3, 0.4) is 0 Å². The summed E-state index contributed by atoms with van der Waals surface area (Å²) in [6.07, 6.45) is -9.09. The van der Waals surface area contributed by atoms with Crippen LogP contribution in [-0.2, 0) is 31.5 Å². The number of hydrogen-bond donors (Lipinski definition) is 1. The van der Waals surface area contributed by atoms with E-state index >= 15 is 0 Å².